The van der Waals surface area contributed by atoms with Crippen molar-refractivity contribution in [1.29, 1.82) is 0 Å². The summed E-state index contributed by atoms with van der Waals surface area (Å²) in [5, 5.41) is 6.78. The molecule has 3 aromatic carbocycles. The number of hydrogen-bond acceptors (Lipinski definition) is 0. The molecule has 3 heteroatoms. The van der Waals surface area contributed by atoms with Gasteiger partial charge in [-0.2, -0.15) is 0 Å². The lowest BCUT2D eigenvalue weighted by Gasteiger charge is -2.16. The van der Waals surface area contributed by atoms with Gasteiger partial charge in [0, 0.05) is 27.0 Å². The van der Waals surface area contributed by atoms with Crippen molar-refractivity contribution in [3.05, 3.63) is 71.9 Å². The minimum atomic E-state index is 0.0478. The molecule has 0 aliphatic heterocycles. The van der Waals surface area contributed by atoms with E-state index in [9.17, 15) is 0 Å². The maximum Gasteiger partial charge on any atom is 0.0646 e. The third-order valence-electron chi connectivity index (χ3n) is 6.60. The lowest BCUT2D eigenvalue weighted by atomic mass is 9.86. The number of fused-ring (bicyclic) bond motifs is 6. The molecule has 1 aliphatic rings. The summed E-state index contributed by atoms with van der Waals surface area (Å²) in [6, 6.07) is 20.2. The third-order valence-corrected chi connectivity index (χ3v) is 7.64. The smallest absolute Gasteiger partial charge is 0.0646 e. The Kier molecular flexibility index (Phi) is 2.59. The maximum atomic E-state index is 2.52. The topological polar surface area (TPSA) is 9.34 Å². The van der Waals surface area contributed by atoms with Crippen LogP contribution in [0, 0.1) is 0 Å². The Labute approximate surface area is 175 Å². The monoisotopic (exact) mass is 472 g/mol. The number of aromatic nitrogens is 2. The molecule has 6 aromatic rings. The first-order valence-electron chi connectivity index (χ1n) is 9.68. The predicted octanol–water partition coefficient (Wildman–Crippen LogP) is 7.29. The van der Waals surface area contributed by atoms with Gasteiger partial charge in [0.1, 0.15) is 0 Å². The minimum Gasteiger partial charge on any atom is -0.308 e. The second kappa shape index (κ2) is 4.71. The van der Waals surface area contributed by atoms with Crippen LogP contribution in [0.2, 0.25) is 0 Å². The number of hydrogen-bond donors (Lipinski definition) is 0. The highest BCUT2D eigenvalue weighted by Crippen LogP contribution is 2.48. The lowest BCUT2D eigenvalue weighted by molar-refractivity contribution is 0.690. The Hall–Kier alpha value is -2.53. The van der Waals surface area contributed by atoms with Gasteiger partial charge in [-0.1, -0.05) is 56.3 Å². The fraction of sp³-hybridized carbons (Fsp3) is 0.120. The van der Waals surface area contributed by atoms with Crippen LogP contribution in [0.5, 0.6) is 0 Å². The Morgan fingerprint density at radius 1 is 0.750 bits per heavy atom. The number of nitrogens with zero attached hydrogens (tertiary/aromatic N) is 2. The van der Waals surface area contributed by atoms with E-state index in [0.29, 0.717) is 0 Å². The number of rotatable bonds is 0. The highest BCUT2D eigenvalue weighted by atomic mass is 127. The van der Waals surface area contributed by atoms with Crippen molar-refractivity contribution in [1.82, 2.24) is 7.18 Å². The van der Waals surface area contributed by atoms with Crippen LogP contribution in [0.1, 0.15) is 25.1 Å². The summed E-state index contributed by atoms with van der Waals surface area (Å²) < 4.78 is 4.84. The van der Waals surface area contributed by atoms with E-state index in [2.05, 4.69) is 111 Å². The van der Waals surface area contributed by atoms with Gasteiger partial charge in [-0.15, -0.1) is 0 Å². The van der Waals surface area contributed by atoms with E-state index in [0.717, 1.165) is 0 Å². The predicted molar refractivity (Wildman–Crippen MR) is 128 cm³/mol. The molecule has 0 saturated heterocycles. The van der Waals surface area contributed by atoms with Gasteiger partial charge in [0.2, 0.25) is 0 Å². The van der Waals surface area contributed by atoms with Gasteiger partial charge in [-0.05, 0) is 35.2 Å². The molecule has 7 rings (SSSR count). The first-order valence-corrected chi connectivity index (χ1v) is 10.6. The summed E-state index contributed by atoms with van der Waals surface area (Å²) in [6.07, 6.45) is 4.68. The van der Waals surface area contributed by atoms with E-state index in [4.69, 9.17) is 0 Å². The second-order valence-electron chi connectivity index (χ2n) is 8.50. The molecule has 0 radical (unpaired) electrons. The SMILES string of the molecule is CC1(C)C=Cc2c1c1ccc3c4c5c(cccc5n3I)c3ccccc3n2c14. The van der Waals surface area contributed by atoms with Gasteiger partial charge < -0.3 is 4.40 Å². The van der Waals surface area contributed by atoms with Crippen molar-refractivity contribution < 1.29 is 0 Å². The maximum absolute atomic E-state index is 2.52. The average Bonchev–Trinajstić information content (AvgIpc) is 3.27. The molecule has 0 bridgehead atoms. The molecule has 3 heterocycles. The van der Waals surface area contributed by atoms with E-state index in [-0.39, 0.29) is 5.41 Å². The molecular weight excluding hydrogens is 455 g/mol. The van der Waals surface area contributed by atoms with E-state index in [1.807, 2.05) is 0 Å². The number of benzene rings is 3. The first-order chi connectivity index (χ1) is 13.6. The first kappa shape index (κ1) is 15.4. The van der Waals surface area contributed by atoms with E-state index in [1.165, 1.54) is 60.3 Å². The van der Waals surface area contributed by atoms with Crippen molar-refractivity contribution in [2.75, 3.05) is 0 Å². The van der Waals surface area contributed by atoms with Gasteiger partial charge in [-0.3, -0.25) is 2.78 Å². The van der Waals surface area contributed by atoms with Crippen LogP contribution in [0.15, 0.2) is 60.7 Å². The van der Waals surface area contributed by atoms with E-state index in [1.54, 1.807) is 0 Å². The van der Waals surface area contributed by atoms with Crippen molar-refractivity contribution in [3.63, 3.8) is 0 Å². The molecule has 0 unspecified atom stereocenters. The quantitative estimate of drug-likeness (QED) is 0.205. The second-order valence-corrected chi connectivity index (χ2v) is 9.47. The number of para-hydroxylation sites is 1. The fourth-order valence-electron chi connectivity index (χ4n) is 5.47. The third kappa shape index (κ3) is 1.55. The molecule has 0 saturated carbocycles. The van der Waals surface area contributed by atoms with Crippen molar-refractivity contribution >= 4 is 77.9 Å². The van der Waals surface area contributed by atoms with Gasteiger partial charge >= 0.3 is 0 Å². The molecular formula is C25H17IN2. The summed E-state index contributed by atoms with van der Waals surface area (Å²) in [5.74, 6) is 0. The van der Waals surface area contributed by atoms with Crippen LogP contribution in [0.4, 0.5) is 0 Å². The molecule has 0 amide bonds. The van der Waals surface area contributed by atoms with Crippen LogP contribution in [0.25, 0.3) is 55.1 Å². The van der Waals surface area contributed by atoms with Crippen molar-refractivity contribution in [3.8, 4) is 0 Å². The van der Waals surface area contributed by atoms with Crippen molar-refractivity contribution in [2.24, 2.45) is 0 Å². The molecule has 0 fully saturated rings. The summed E-state index contributed by atoms with van der Waals surface area (Å²) in [4.78, 5) is 0. The summed E-state index contributed by atoms with van der Waals surface area (Å²) in [6.45, 7) is 4.65. The number of halogens is 1. The highest BCUT2D eigenvalue weighted by molar-refractivity contribution is 14.1. The van der Waals surface area contributed by atoms with Gasteiger partial charge in [0.05, 0.1) is 50.6 Å². The lowest BCUT2D eigenvalue weighted by Crippen LogP contribution is -2.09. The Bertz CT molecular complexity index is 1640. The Morgan fingerprint density at radius 3 is 2.39 bits per heavy atom. The fourth-order valence-corrected chi connectivity index (χ4v) is 6.27. The zero-order valence-electron chi connectivity index (χ0n) is 15.6. The van der Waals surface area contributed by atoms with Gasteiger partial charge in [-0.25, -0.2) is 0 Å². The van der Waals surface area contributed by atoms with Crippen molar-refractivity contribution in [2.45, 2.75) is 19.3 Å². The summed E-state index contributed by atoms with van der Waals surface area (Å²) in [7, 11) is 0. The highest BCUT2D eigenvalue weighted by Gasteiger charge is 2.32. The minimum absolute atomic E-state index is 0.0478. The molecule has 3 aromatic heterocycles. The van der Waals surface area contributed by atoms with Gasteiger partial charge in [0.15, 0.2) is 0 Å². The Morgan fingerprint density at radius 2 is 1.50 bits per heavy atom. The average molecular weight is 472 g/mol. The zero-order chi connectivity index (χ0) is 18.8. The van der Waals surface area contributed by atoms with Crippen LogP contribution >= 0.6 is 22.9 Å². The van der Waals surface area contributed by atoms with Crippen LogP contribution in [0.3, 0.4) is 0 Å². The Balaban J connectivity index is 2.00. The molecule has 0 spiro atoms. The molecule has 134 valence electrons. The van der Waals surface area contributed by atoms with E-state index < -0.39 is 0 Å². The largest absolute Gasteiger partial charge is 0.308 e. The van der Waals surface area contributed by atoms with Crippen LogP contribution < -0.4 is 0 Å². The molecule has 2 nitrogen and oxygen atoms in total. The normalized spacial score (nSPS) is 15.8. The van der Waals surface area contributed by atoms with Crippen LogP contribution in [-0.4, -0.2) is 7.18 Å². The zero-order valence-corrected chi connectivity index (χ0v) is 17.8. The van der Waals surface area contributed by atoms with E-state index >= 15 is 0 Å². The molecule has 0 atom stereocenters. The summed E-state index contributed by atoms with van der Waals surface area (Å²) >= 11 is 2.46. The molecule has 28 heavy (non-hydrogen) atoms. The number of allylic oxidation sites excluding steroid dienone is 1. The molecule has 1 aliphatic carbocycles. The standard InChI is InChI=1S/C25H17IN2/c1-25(2)13-12-20-23(25)16-10-11-19-22-21-15(7-5-9-18(21)28(19)26)14-6-3-4-8-17(14)27(20)24(16)22/h3-13H,1-2H3. The van der Waals surface area contributed by atoms with Gasteiger partial charge in [0.25, 0.3) is 0 Å². The molecule has 0 N–H and O–H groups in total. The van der Waals surface area contributed by atoms with Crippen LogP contribution in [-0.2, 0) is 5.41 Å². The summed E-state index contributed by atoms with van der Waals surface area (Å²) in [5.41, 5.74) is 8.06.